The highest BCUT2D eigenvalue weighted by Gasteiger charge is 2.11. The van der Waals surface area contributed by atoms with Crippen molar-refractivity contribution in [3.63, 3.8) is 0 Å². The van der Waals surface area contributed by atoms with Crippen LogP contribution in [0.2, 0.25) is 0 Å². The summed E-state index contributed by atoms with van der Waals surface area (Å²) in [6, 6.07) is 2.82. The van der Waals surface area contributed by atoms with E-state index in [0.717, 1.165) is 6.54 Å². The second kappa shape index (κ2) is 5.40. The molecule has 1 nitrogen and oxygen atoms in total. The molecule has 1 aromatic rings. The molecule has 1 atom stereocenters. The zero-order valence-electron chi connectivity index (χ0n) is 8.76. The minimum atomic E-state index is 0.571. The van der Waals surface area contributed by atoms with Crippen LogP contribution in [0.4, 0.5) is 0 Å². The van der Waals surface area contributed by atoms with Crippen molar-refractivity contribution in [3.8, 4) is 0 Å². The maximum atomic E-state index is 3.53. The van der Waals surface area contributed by atoms with E-state index in [9.17, 15) is 0 Å². The number of hydrogen-bond donors (Lipinski definition) is 1. The Labute approximate surface area is 85.2 Å². The fourth-order valence-electron chi connectivity index (χ4n) is 1.66. The predicted octanol–water partition coefficient (Wildman–Crippen LogP) is 3.51. The average Bonchev–Trinajstić information content (AvgIpc) is 2.51. The molecule has 1 heterocycles. The Hall–Kier alpha value is -0.340. The number of rotatable bonds is 5. The smallest absolute Gasteiger partial charge is 0.0330 e. The fourth-order valence-corrected chi connectivity index (χ4v) is 2.42. The zero-order chi connectivity index (χ0) is 9.68. The second-order valence-corrected chi connectivity index (χ2v) is 4.45. The molecule has 0 spiro atoms. The number of hydrogen-bond acceptors (Lipinski definition) is 2. The monoisotopic (exact) mass is 197 g/mol. The summed E-state index contributed by atoms with van der Waals surface area (Å²) in [5.74, 6) is 0. The summed E-state index contributed by atoms with van der Waals surface area (Å²) >= 11 is 1.84. The topological polar surface area (TPSA) is 12.0 Å². The number of thiophene rings is 1. The number of aryl methyl sites for hydroxylation is 1. The highest BCUT2D eigenvalue weighted by atomic mass is 32.1. The van der Waals surface area contributed by atoms with Gasteiger partial charge in [-0.3, -0.25) is 0 Å². The van der Waals surface area contributed by atoms with Gasteiger partial charge in [-0.1, -0.05) is 20.3 Å². The third kappa shape index (κ3) is 2.82. The van der Waals surface area contributed by atoms with Gasteiger partial charge in [0.15, 0.2) is 0 Å². The lowest BCUT2D eigenvalue weighted by molar-refractivity contribution is 0.509. The molecule has 0 aliphatic heterocycles. The van der Waals surface area contributed by atoms with Crippen molar-refractivity contribution in [2.45, 2.75) is 39.7 Å². The Balaban J connectivity index is 2.69. The van der Waals surface area contributed by atoms with E-state index in [-0.39, 0.29) is 0 Å². The Morgan fingerprint density at radius 1 is 1.46 bits per heavy atom. The van der Waals surface area contributed by atoms with Crippen molar-refractivity contribution >= 4 is 11.3 Å². The summed E-state index contributed by atoms with van der Waals surface area (Å²) in [6.07, 6.45) is 2.48. The van der Waals surface area contributed by atoms with E-state index in [1.807, 2.05) is 11.3 Å². The fraction of sp³-hybridized carbons (Fsp3) is 0.636. The van der Waals surface area contributed by atoms with Crippen molar-refractivity contribution in [2.24, 2.45) is 0 Å². The first-order valence-electron chi connectivity index (χ1n) is 5.07. The van der Waals surface area contributed by atoms with Crippen LogP contribution in [0.1, 0.15) is 43.2 Å². The second-order valence-electron chi connectivity index (χ2n) is 3.33. The maximum Gasteiger partial charge on any atom is 0.0330 e. The summed E-state index contributed by atoms with van der Waals surface area (Å²) in [5.41, 5.74) is 1.49. The van der Waals surface area contributed by atoms with Crippen LogP contribution in [-0.4, -0.2) is 6.54 Å². The molecule has 1 rings (SSSR count). The van der Waals surface area contributed by atoms with Crippen molar-refractivity contribution in [3.05, 3.63) is 21.9 Å². The molecule has 0 aromatic carbocycles. The molecule has 0 amide bonds. The van der Waals surface area contributed by atoms with Crippen molar-refractivity contribution in [1.29, 1.82) is 0 Å². The lowest BCUT2D eigenvalue weighted by atomic mass is 10.0. The van der Waals surface area contributed by atoms with E-state index in [1.54, 1.807) is 0 Å². The molecule has 2 heteroatoms. The van der Waals surface area contributed by atoms with E-state index in [0.29, 0.717) is 6.04 Å². The largest absolute Gasteiger partial charge is 0.310 e. The molecule has 0 fully saturated rings. The summed E-state index contributed by atoms with van der Waals surface area (Å²) in [5, 5.41) is 5.72. The van der Waals surface area contributed by atoms with Crippen molar-refractivity contribution in [2.75, 3.05) is 6.54 Å². The summed E-state index contributed by atoms with van der Waals surface area (Å²) < 4.78 is 0. The molecular formula is C11H19NS. The number of nitrogens with one attached hydrogen (secondary N) is 1. The van der Waals surface area contributed by atoms with Gasteiger partial charge in [0, 0.05) is 10.9 Å². The Morgan fingerprint density at radius 2 is 2.23 bits per heavy atom. The quantitative estimate of drug-likeness (QED) is 0.761. The minimum Gasteiger partial charge on any atom is -0.310 e. The van der Waals surface area contributed by atoms with Gasteiger partial charge in [0.1, 0.15) is 0 Å². The highest BCUT2D eigenvalue weighted by molar-refractivity contribution is 7.10. The van der Waals surface area contributed by atoms with Gasteiger partial charge in [0.05, 0.1) is 0 Å². The Bertz CT molecular complexity index is 236. The summed E-state index contributed by atoms with van der Waals surface area (Å²) in [4.78, 5) is 1.46. The standard InChI is InChI=1S/C11H19NS/c1-4-6-11(12-5-2)10-7-8-13-9(10)3/h7-8,11-12H,4-6H2,1-3H3. The summed E-state index contributed by atoms with van der Waals surface area (Å²) in [7, 11) is 0. The van der Waals surface area contributed by atoms with Gasteiger partial charge in [-0.15, -0.1) is 11.3 Å². The molecule has 0 radical (unpaired) electrons. The van der Waals surface area contributed by atoms with Crippen LogP contribution in [0.25, 0.3) is 0 Å². The molecule has 1 N–H and O–H groups in total. The average molecular weight is 197 g/mol. The van der Waals surface area contributed by atoms with Gasteiger partial charge in [0.25, 0.3) is 0 Å². The predicted molar refractivity (Wildman–Crippen MR) is 60.4 cm³/mol. The minimum absolute atomic E-state index is 0.571. The van der Waals surface area contributed by atoms with Crippen LogP contribution in [0.5, 0.6) is 0 Å². The molecule has 0 saturated heterocycles. The molecule has 0 aliphatic carbocycles. The Kier molecular flexibility index (Phi) is 4.46. The third-order valence-corrected chi connectivity index (χ3v) is 3.16. The van der Waals surface area contributed by atoms with Crippen LogP contribution in [0.15, 0.2) is 11.4 Å². The molecule has 1 unspecified atom stereocenters. The van der Waals surface area contributed by atoms with Gasteiger partial charge in [-0.2, -0.15) is 0 Å². The lowest BCUT2D eigenvalue weighted by Crippen LogP contribution is -2.20. The molecule has 1 aromatic heterocycles. The highest BCUT2D eigenvalue weighted by Crippen LogP contribution is 2.25. The molecule has 0 aliphatic rings. The molecule has 13 heavy (non-hydrogen) atoms. The van der Waals surface area contributed by atoms with Gasteiger partial charge in [0.2, 0.25) is 0 Å². The maximum absolute atomic E-state index is 3.53. The van der Waals surface area contributed by atoms with E-state index in [4.69, 9.17) is 0 Å². The van der Waals surface area contributed by atoms with Crippen LogP contribution >= 0.6 is 11.3 Å². The van der Waals surface area contributed by atoms with Crippen LogP contribution in [-0.2, 0) is 0 Å². The molecule has 74 valence electrons. The van der Waals surface area contributed by atoms with Gasteiger partial charge in [-0.25, -0.2) is 0 Å². The van der Waals surface area contributed by atoms with Crippen molar-refractivity contribution < 1.29 is 0 Å². The van der Waals surface area contributed by atoms with Crippen molar-refractivity contribution in [1.82, 2.24) is 5.32 Å². The first-order chi connectivity index (χ1) is 6.29. The van der Waals surface area contributed by atoms with Gasteiger partial charge in [-0.05, 0) is 36.9 Å². The van der Waals surface area contributed by atoms with Crippen LogP contribution in [0, 0.1) is 6.92 Å². The van der Waals surface area contributed by atoms with Crippen LogP contribution < -0.4 is 5.32 Å². The van der Waals surface area contributed by atoms with Gasteiger partial charge >= 0.3 is 0 Å². The molecule has 0 saturated carbocycles. The molecule has 0 bridgehead atoms. The normalized spacial score (nSPS) is 13.2. The van der Waals surface area contributed by atoms with E-state index in [1.165, 1.54) is 23.3 Å². The van der Waals surface area contributed by atoms with E-state index in [2.05, 4.69) is 37.5 Å². The van der Waals surface area contributed by atoms with E-state index < -0.39 is 0 Å². The SMILES string of the molecule is CCCC(NCC)c1ccsc1C. The third-order valence-electron chi connectivity index (χ3n) is 2.30. The first-order valence-corrected chi connectivity index (χ1v) is 5.94. The first kappa shape index (κ1) is 10.7. The van der Waals surface area contributed by atoms with Gasteiger partial charge < -0.3 is 5.32 Å². The van der Waals surface area contributed by atoms with E-state index >= 15 is 0 Å². The summed E-state index contributed by atoms with van der Waals surface area (Å²) in [6.45, 7) is 7.68. The zero-order valence-corrected chi connectivity index (χ0v) is 9.58. The van der Waals surface area contributed by atoms with Crippen LogP contribution in [0.3, 0.4) is 0 Å². The molecular weight excluding hydrogens is 178 g/mol. The lowest BCUT2D eigenvalue weighted by Gasteiger charge is -2.16. The Morgan fingerprint density at radius 3 is 2.69 bits per heavy atom.